The molecular weight excluding hydrogens is 184 g/mol. The second-order valence-corrected chi connectivity index (χ2v) is 4.23. The lowest BCUT2D eigenvalue weighted by Crippen LogP contribution is -1.90. The molecule has 1 aromatic rings. The van der Waals surface area contributed by atoms with Gasteiger partial charge in [0.15, 0.2) is 0 Å². The molecule has 3 rings (SSSR count). The molecular formula is C14H14O. The molecule has 2 aliphatic carbocycles. The summed E-state index contributed by atoms with van der Waals surface area (Å²) >= 11 is 0. The van der Waals surface area contributed by atoms with Crippen LogP contribution >= 0.6 is 0 Å². The third kappa shape index (κ3) is 1.16. The molecule has 76 valence electrons. The van der Waals surface area contributed by atoms with E-state index in [1.54, 1.807) is 6.08 Å². The summed E-state index contributed by atoms with van der Waals surface area (Å²) in [6.07, 6.45) is 11.7. The average Bonchev–Trinajstić information content (AvgIpc) is 2.95. The van der Waals surface area contributed by atoms with Crippen LogP contribution in [0.15, 0.2) is 23.1 Å². The molecule has 2 unspecified atom stereocenters. The third-order valence-electron chi connectivity index (χ3n) is 3.27. The van der Waals surface area contributed by atoms with Gasteiger partial charge in [0.2, 0.25) is 0 Å². The molecule has 1 fully saturated rings. The fourth-order valence-corrected chi connectivity index (χ4v) is 2.46. The molecule has 1 heterocycles. The molecule has 1 nitrogen and oxygen atoms in total. The quantitative estimate of drug-likeness (QED) is 0.697. The lowest BCUT2D eigenvalue weighted by atomic mass is 9.98. The molecule has 1 aromatic heterocycles. The summed E-state index contributed by atoms with van der Waals surface area (Å²) < 4.78 is 5.78. The third-order valence-corrected chi connectivity index (χ3v) is 3.27. The van der Waals surface area contributed by atoms with Gasteiger partial charge in [0.1, 0.15) is 11.5 Å². The predicted molar refractivity (Wildman–Crippen MR) is 63.4 cm³/mol. The summed E-state index contributed by atoms with van der Waals surface area (Å²) in [6, 6.07) is 0. The second kappa shape index (κ2) is 2.99. The van der Waals surface area contributed by atoms with Crippen molar-refractivity contribution in [2.24, 2.45) is 5.92 Å². The van der Waals surface area contributed by atoms with E-state index >= 15 is 0 Å². The Labute approximate surface area is 89.8 Å². The fraction of sp³-hybridized carbons (Fsp3) is 0.286. The van der Waals surface area contributed by atoms with Crippen molar-refractivity contribution in [1.82, 2.24) is 0 Å². The highest BCUT2D eigenvalue weighted by atomic mass is 16.3. The molecule has 0 amide bonds. The summed E-state index contributed by atoms with van der Waals surface area (Å²) in [5, 5.41) is 0. The van der Waals surface area contributed by atoms with Crippen LogP contribution in [0, 0.1) is 5.92 Å². The van der Waals surface area contributed by atoms with Crippen molar-refractivity contribution in [3.8, 4) is 0 Å². The molecule has 2 aliphatic rings. The van der Waals surface area contributed by atoms with Crippen molar-refractivity contribution in [3.63, 3.8) is 0 Å². The van der Waals surface area contributed by atoms with E-state index in [0.717, 1.165) is 17.4 Å². The summed E-state index contributed by atoms with van der Waals surface area (Å²) in [4.78, 5) is 0. The maximum Gasteiger partial charge on any atom is 0.134 e. The SMILES string of the molecule is C=Cc1oc2c(c1/C=C\C)C1CC1C=C2. The van der Waals surface area contributed by atoms with E-state index in [9.17, 15) is 0 Å². The van der Waals surface area contributed by atoms with Gasteiger partial charge in [0.25, 0.3) is 0 Å². The zero-order chi connectivity index (χ0) is 10.4. The Morgan fingerprint density at radius 3 is 3.13 bits per heavy atom. The number of fused-ring (bicyclic) bond motifs is 3. The van der Waals surface area contributed by atoms with Crippen LogP contribution in [0.2, 0.25) is 0 Å². The van der Waals surface area contributed by atoms with E-state index in [2.05, 4.69) is 30.9 Å². The molecule has 0 spiro atoms. The van der Waals surface area contributed by atoms with Crippen LogP contribution in [-0.4, -0.2) is 0 Å². The molecule has 1 heteroatoms. The first-order chi connectivity index (χ1) is 7.35. The van der Waals surface area contributed by atoms with Crippen molar-refractivity contribution in [2.75, 3.05) is 0 Å². The fourth-order valence-electron chi connectivity index (χ4n) is 2.46. The molecule has 0 N–H and O–H groups in total. The first kappa shape index (κ1) is 8.78. The Balaban J connectivity index is 2.22. The first-order valence-electron chi connectivity index (χ1n) is 5.45. The molecule has 0 aromatic carbocycles. The van der Waals surface area contributed by atoms with Crippen LogP contribution in [0.3, 0.4) is 0 Å². The average molecular weight is 198 g/mol. The smallest absolute Gasteiger partial charge is 0.134 e. The summed E-state index contributed by atoms with van der Waals surface area (Å²) in [5.41, 5.74) is 2.63. The van der Waals surface area contributed by atoms with Crippen LogP contribution in [0.4, 0.5) is 0 Å². The first-order valence-corrected chi connectivity index (χ1v) is 5.45. The van der Waals surface area contributed by atoms with Gasteiger partial charge < -0.3 is 4.42 Å². The van der Waals surface area contributed by atoms with Gasteiger partial charge >= 0.3 is 0 Å². The predicted octanol–water partition coefficient (Wildman–Crippen LogP) is 4.09. The maximum absolute atomic E-state index is 5.78. The Hall–Kier alpha value is -1.50. The minimum atomic E-state index is 0.702. The Morgan fingerprint density at radius 1 is 1.53 bits per heavy atom. The number of hydrogen-bond donors (Lipinski definition) is 0. The topological polar surface area (TPSA) is 13.1 Å². The Kier molecular flexibility index (Phi) is 1.75. The number of allylic oxidation sites excluding steroid dienone is 2. The maximum atomic E-state index is 5.78. The normalized spacial score (nSPS) is 26.5. The van der Waals surface area contributed by atoms with Crippen LogP contribution in [0.5, 0.6) is 0 Å². The lowest BCUT2D eigenvalue weighted by Gasteiger charge is -2.02. The molecule has 1 saturated carbocycles. The van der Waals surface area contributed by atoms with E-state index in [0.29, 0.717) is 5.92 Å². The van der Waals surface area contributed by atoms with E-state index in [4.69, 9.17) is 4.42 Å². The van der Waals surface area contributed by atoms with Crippen molar-refractivity contribution >= 4 is 18.2 Å². The van der Waals surface area contributed by atoms with Crippen molar-refractivity contribution in [1.29, 1.82) is 0 Å². The number of rotatable bonds is 2. The zero-order valence-corrected chi connectivity index (χ0v) is 8.86. The van der Waals surface area contributed by atoms with Gasteiger partial charge in [-0.1, -0.05) is 24.8 Å². The van der Waals surface area contributed by atoms with Crippen molar-refractivity contribution < 1.29 is 4.42 Å². The van der Waals surface area contributed by atoms with E-state index in [1.165, 1.54) is 17.5 Å². The Morgan fingerprint density at radius 2 is 2.40 bits per heavy atom. The van der Waals surface area contributed by atoms with Crippen molar-refractivity contribution in [3.05, 3.63) is 41.4 Å². The Bertz CT molecular complexity index is 474. The highest BCUT2D eigenvalue weighted by Crippen LogP contribution is 2.55. The summed E-state index contributed by atoms with van der Waals surface area (Å²) in [5.74, 6) is 3.41. The summed E-state index contributed by atoms with van der Waals surface area (Å²) in [7, 11) is 0. The van der Waals surface area contributed by atoms with Gasteiger partial charge in [-0.15, -0.1) is 0 Å². The van der Waals surface area contributed by atoms with E-state index < -0.39 is 0 Å². The summed E-state index contributed by atoms with van der Waals surface area (Å²) in [6.45, 7) is 5.84. The molecule has 15 heavy (non-hydrogen) atoms. The highest BCUT2D eigenvalue weighted by Gasteiger charge is 2.42. The van der Waals surface area contributed by atoms with Crippen LogP contribution < -0.4 is 0 Å². The minimum absolute atomic E-state index is 0.702. The second-order valence-electron chi connectivity index (χ2n) is 4.23. The lowest BCUT2D eigenvalue weighted by molar-refractivity contribution is 0.541. The van der Waals surface area contributed by atoms with Gasteiger partial charge in [-0.3, -0.25) is 0 Å². The van der Waals surface area contributed by atoms with Crippen molar-refractivity contribution in [2.45, 2.75) is 19.3 Å². The van der Waals surface area contributed by atoms with Gasteiger partial charge in [-0.05, 0) is 37.3 Å². The number of hydrogen-bond acceptors (Lipinski definition) is 1. The van der Waals surface area contributed by atoms with Crippen LogP contribution in [0.25, 0.3) is 18.2 Å². The zero-order valence-electron chi connectivity index (χ0n) is 8.86. The molecule has 0 saturated heterocycles. The van der Waals surface area contributed by atoms with E-state index in [1.807, 2.05) is 6.92 Å². The molecule has 2 atom stereocenters. The standard InChI is InChI=1S/C14H14O/c1-3-5-10-12(4-2)15-13-7-6-9-8-11(9)14(10)13/h3-7,9,11H,2,8H2,1H3/b5-3-. The minimum Gasteiger partial charge on any atom is -0.456 e. The monoisotopic (exact) mass is 198 g/mol. The van der Waals surface area contributed by atoms with Gasteiger partial charge in [0, 0.05) is 11.1 Å². The molecule has 0 radical (unpaired) electrons. The van der Waals surface area contributed by atoms with Gasteiger partial charge in [-0.2, -0.15) is 0 Å². The molecule has 0 aliphatic heterocycles. The van der Waals surface area contributed by atoms with Gasteiger partial charge in [0.05, 0.1) is 0 Å². The van der Waals surface area contributed by atoms with E-state index in [-0.39, 0.29) is 0 Å². The van der Waals surface area contributed by atoms with Crippen LogP contribution in [0.1, 0.15) is 41.9 Å². The highest BCUT2D eigenvalue weighted by molar-refractivity contribution is 5.72. The largest absolute Gasteiger partial charge is 0.456 e. The van der Waals surface area contributed by atoms with Crippen LogP contribution in [-0.2, 0) is 0 Å². The van der Waals surface area contributed by atoms with Gasteiger partial charge in [-0.25, -0.2) is 0 Å². The number of furan rings is 1. The molecule has 0 bridgehead atoms.